The molecule has 0 saturated carbocycles. The fourth-order valence-corrected chi connectivity index (χ4v) is 2.12. The Morgan fingerprint density at radius 1 is 1.04 bits per heavy atom. The minimum absolute atomic E-state index is 0.217. The highest BCUT2D eigenvalue weighted by Crippen LogP contribution is 2.15. The van der Waals surface area contributed by atoms with Gasteiger partial charge in [-0.2, -0.15) is 0 Å². The number of ether oxygens (including phenoxy) is 1. The number of nitrogens with one attached hydrogen (secondary N) is 2. The van der Waals surface area contributed by atoms with Crippen LogP contribution < -0.4 is 15.6 Å². The summed E-state index contributed by atoms with van der Waals surface area (Å²) in [6, 6.07) is 11.3. The van der Waals surface area contributed by atoms with Gasteiger partial charge < -0.3 is 4.74 Å². The van der Waals surface area contributed by atoms with E-state index in [0.29, 0.717) is 11.3 Å². The van der Waals surface area contributed by atoms with Gasteiger partial charge in [0.1, 0.15) is 11.6 Å². The number of benzene rings is 2. The van der Waals surface area contributed by atoms with Crippen molar-refractivity contribution in [2.24, 2.45) is 0 Å². The third kappa shape index (κ3) is 6.47. The predicted octanol–water partition coefficient (Wildman–Crippen LogP) is 2.68. The Bertz CT molecular complexity index is 766. The molecule has 6 heteroatoms. The van der Waals surface area contributed by atoms with Crippen molar-refractivity contribution < 1.29 is 18.7 Å². The Balaban J connectivity index is 1.75. The fourth-order valence-electron chi connectivity index (χ4n) is 2.12. The summed E-state index contributed by atoms with van der Waals surface area (Å²) in [6.45, 7) is 3.66. The summed E-state index contributed by atoms with van der Waals surface area (Å²) in [6.07, 6.45) is 2.74. The Hall–Kier alpha value is -3.15. The van der Waals surface area contributed by atoms with Gasteiger partial charge in [-0.25, -0.2) is 4.39 Å². The molecule has 2 N–H and O–H groups in total. The van der Waals surface area contributed by atoms with Crippen LogP contribution in [0.2, 0.25) is 0 Å². The lowest BCUT2D eigenvalue weighted by Gasteiger charge is -2.09. The first-order valence-electron chi connectivity index (χ1n) is 7.66. The molecule has 130 valence electrons. The second-order valence-electron chi connectivity index (χ2n) is 5.53. The summed E-state index contributed by atoms with van der Waals surface area (Å²) in [7, 11) is 0. The first-order valence-corrected chi connectivity index (χ1v) is 7.66. The minimum atomic E-state index is -0.510. The zero-order chi connectivity index (χ0) is 18.2. The third-order valence-corrected chi connectivity index (χ3v) is 3.19. The van der Waals surface area contributed by atoms with Crippen molar-refractivity contribution in [3.63, 3.8) is 0 Å². The monoisotopic (exact) mass is 342 g/mol. The summed E-state index contributed by atoms with van der Waals surface area (Å²) in [5.74, 6) is -0.750. The molecule has 0 heterocycles. The molecule has 25 heavy (non-hydrogen) atoms. The van der Waals surface area contributed by atoms with Gasteiger partial charge in [-0.05, 0) is 60.9 Å². The van der Waals surface area contributed by atoms with E-state index in [2.05, 4.69) is 10.9 Å². The van der Waals surface area contributed by atoms with Crippen LogP contribution in [-0.4, -0.2) is 18.4 Å². The first kappa shape index (κ1) is 18.2. The third-order valence-electron chi connectivity index (χ3n) is 3.19. The highest BCUT2D eigenvalue weighted by Gasteiger charge is 2.04. The maximum Gasteiger partial charge on any atom is 0.276 e. The Morgan fingerprint density at radius 2 is 1.68 bits per heavy atom. The predicted molar refractivity (Wildman–Crippen MR) is 93.1 cm³/mol. The van der Waals surface area contributed by atoms with Crippen molar-refractivity contribution in [1.29, 1.82) is 0 Å². The maximum atomic E-state index is 12.8. The lowest BCUT2D eigenvalue weighted by Crippen LogP contribution is -2.43. The average Bonchev–Trinajstić information content (AvgIpc) is 2.57. The number of carbonyl (C=O) groups excluding carboxylic acids is 2. The number of hydrogen-bond donors (Lipinski definition) is 2. The molecule has 0 atom stereocenters. The summed E-state index contributed by atoms with van der Waals surface area (Å²) in [4.78, 5) is 23.3. The lowest BCUT2D eigenvalue weighted by molar-refractivity contribution is -0.128. The Morgan fingerprint density at radius 3 is 2.32 bits per heavy atom. The van der Waals surface area contributed by atoms with Crippen molar-refractivity contribution in [3.8, 4) is 5.75 Å². The molecule has 0 unspecified atom stereocenters. The standard InChI is InChI=1S/C19H19FN2O3/c1-13-9-14(2)11-17(10-13)25-12-19(24)22-21-18(23)8-5-15-3-6-16(20)7-4-15/h3-11H,12H2,1-2H3,(H,21,23)(H,22,24)/b8-5+. The van der Waals surface area contributed by atoms with Gasteiger partial charge in [-0.1, -0.05) is 18.2 Å². The van der Waals surface area contributed by atoms with E-state index in [1.807, 2.05) is 32.0 Å². The number of hydrazine groups is 1. The SMILES string of the molecule is Cc1cc(C)cc(OCC(=O)NNC(=O)/C=C/c2ccc(F)cc2)c1. The van der Waals surface area contributed by atoms with E-state index in [1.165, 1.54) is 36.4 Å². The zero-order valence-corrected chi connectivity index (χ0v) is 14.0. The van der Waals surface area contributed by atoms with E-state index < -0.39 is 11.8 Å². The second-order valence-corrected chi connectivity index (χ2v) is 5.53. The van der Waals surface area contributed by atoms with Gasteiger partial charge in [0.2, 0.25) is 0 Å². The molecule has 2 aromatic rings. The Labute approximate surface area is 145 Å². The van der Waals surface area contributed by atoms with Crippen LogP contribution in [0, 0.1) is 19.7 Å². The largest absolute Gasteiger partial charge is 0.484 e. The first-order chi connectivity index (χ1) is 11.9. The molecule has 0 bridgehead atoms. The number of halogens is 1. The van der Waals surface area contributed by atoms with Crippen molar-refractivity contribution in [1.82, 2.24) is 10.9 Å². The zero-order valence-electron chi connectivity index (χ0n) is 14.0. The topological polar surface area (TPSA) is 67.4 Å². The van der Waals surface area contributed by atoms with Crippen molar-refractivity contribution >= 4 is 17.9 Å². The lowest BCUT2D eigenvalue weighted by atomic mass is 10.1. The maximum absolute atomic E-state index is 12.8. The second kappa shape index (κ2) is 8.63. The van der Waals surface area contributed by atoms with Gasteiger partial charge in [-0.3, -0.25) is 20.4 Å². The van der Waals surface area contributed by atoms with Gasteiger partial charge in [0, 0.05) is 6.08 Å². The van der Waals surface area contributed by atoms with Crippen molar-refractivity contribution in [3.05, 3.63) is 71.0 Å². The van der Waals surface area contributed by atoms with Gasteiger partial charge in [0.05, 0.1) is 0 Å². The van der Waals surface area contributed by atoms with Crippen LogP contribution in [-0.2, 0) is 9.59 Å². The van der Waals surface area contributed by atoms with E-state index in [9.17, 15) is 14.0 Å². The number of hydrogen-bond acceptors (Lipinski definition) is 3. The van der Waals surface area contributed by atoms with Crippen LogP contribution in [0.3, 0.4) is 0 Å². The van der Waals surface area contributed by atoms with Gasteiger partial charge in [-0.15, -0.1) is 0 Å². The van der Waals surface area contributed by atoms with Gasteiger partial charge in [0.25, 0.3) is 11.8 Å². The van der Waals surface area contributed by atoms with E-state index in [0.717, 1.165) is 11.1 Å². The molecular formula is C19H19FN2O3. The van der Waals surface area contributed by atoms with Crippen LogP contribution in [0.5, 0.6) is 5.75 Å². The summed E-state index contributed by atoms with van der Waals surface area (Å²) >= 11 is 0. The van der Waals surface area contributed by atoms with Crippen LogP contribution in [0.15, 0.2) is 48.5 Å². The molecule has 2 rings (SSSR count). The smallest absolute Gasteiger partial charge is 0.276 e. The van der Waals surface area contributed by atoms with E-state index >= 15 is 0 Å². The fraction of sp³-hybridized carbons (Fsp3) is 0.158. The molecule has 0 aromatic heterocycles. The van der Waals surface area contributed by atoms with Crippen LogP contribution in [0.1, 0.15) is 16.7 Å². The molecule has 2 amide bonds. The van der Waals surface area contributed by atoms with E-state index in [-0.39, 0.29) is 12.4 Å². The van der Waals surface area contributed by atoms with Gasteiger partial charge >= 0.3 is 0 Å². The minimum Gasteiger partial charge on any atom is -0.484 e. The van der Waals surface area contributed by atoms with Crippen molar-refractivity contribution in [2.45, 2.75) is 13.8 Å². The van der Waals surface area contributed by atoms with Crippen LogP contribution in [0.25, 0.3) is 6.08 Å². The number of aryl methyl sites for hydroxylation is 2. The molecule has 2 aromatic carbocycles. The summed E-state index contributed by atoms with van der Waals surface area (Å²) in [5.41, 5.74) is 7.24. The molecule has 5 nitrogen and oxygen atoms in total. The number of carbonyl (C=O) groups is 2. The van der Waals surface area contributed by atoms with E-state index in [4.69, 9.17) is 4.74 Å². The normalized spacial score (nSPS) is 10.5. The summed E-state index contributed by atoms with van der Waals surface area (Å²) in [5, 5.41) is 0. The average molecular weight is 342 g/mol. The molecule has 0 fully saturated rings. The van der Waals surface area contributed by atoms with Crippen LogP contribution in [0.4, 0.5) is 4.39 Å². The molecular weight excluding hydrogens is 323 g/mol. The molecule has 0 spiro atoms. The van der Waals surface area contributed by atoms with Gasteiger partial charge in [0.15, 0.2) is 6.61 Å². The summed E-state index contributed by atoms with van der Waals surface area (Å²) < 4.78 is 18.2. The number of amides is 2. The molecule has 0 aliphatic carbocycles. The quantitative estimate of drug-likeness (QED) is 0.648. The molecule has 0 aliphatic rings. The Kier molecular flexibility index (Phi) is 6.28. The molecule has 0 radical (unpaired) electrons. The number of rotatable bonds is 5. The molecule has 0 saturated heterocycles. The highest BCUT2D eigenvalue weighted by atomic mass is 19.1. The van der Waals surface area contributed by atoms with Crippen LogP contribution >= 0.6 is 0 Å². The van der Waals surface area contributed by atoms with E-state index in [1.54, 1.807) is 0 Å². The van der Waals surface area contributed by atoms with Crippen molar-refractivity contribution in [2.75, 3.05) is 6.61 Å². The highest BCUT2D eigenvalue weighted by molar-refractivity contribution is 5.93. The molecule has 0 aliphatic heterocycles.